The third kappa shape index (κ3) is 4.55. The summed E-state index contributed by atoms with van der Waals surface area (Å²) in [5, 5.41) is 0. The standard InChI is InChI=1S/C21H26N2O3/c1-25-19-8-6-18(7-9-19)21(24)23-14-12-22(13-15-23)11-10-17-4-3-5-20(16-17)26-2/h3-9,16H,10-15H2,1-2H3. The Bertz CT molecular complexity index is 722. The van der Waals surface area contributed by atoms with Crippen LogP contribution in [0.25, 0.3) is 0 Å². The van der Waals surface area contributed by atoms with Gasteiger partial charge in [-0.15, -0.1) is 0 Å². The van der Waals surface area contributed by atoms with E-state index in [0.29, 0.717) is 0 Å². The Morgan fingerprint density at radius 2 is 1.62 bits per heavy atom. The van der Waals surface area contributed by atoms with E-state index in [2.05, 4.69) is 17.0 Å². The lowest BCUT2D eigenvalue weighted by atomic mass is 10.1. The zero-order chi connectivity index (χ0) is 18.4. The summed E-state index contributed by atoms with van der Waals surface area (Å²) in [6, 6.07) is 15.5. The van der Waals surface area contributed by atoms with Crippen molar-refractivity contribution in [3.05, 3.63) is 59.7 Å². The van der Waals surface area contributed by atoms with Crippen molar-refractivity contribution < 1.29 is 14.3 Å². The molecule has 1 saturated heterocycles. The molecule has 1 heterocycles. The van der Waals surface area contributed by atoms with E-state index < -0.39 is 0 Å². The molecule has 3 rings (SSSR count). The largest absolute Gasteiger partial charge is 0.497 e. The molecule has 1 fully saturated rings. The predicted octanol–water partition coefficient (Wildman–Crippen LogP) is 2.70. The molecule has 0 unspecified atom stereocenters. The van der Waals surface area contributed by atoms with Gasteiger partial charge in [-0.25, -0.2) is 0 Å². The summed E-state index contributed by atoms with van der Waals surface area (Å²) in [6.45, 7) is 4.35. The first kappa shape index (κ1) is 18.3. The molecule has 0 spiro atoms. The Balaban J connectivity index is 1.48. The smallest absolute Gasteiger partial charge is 0.253 e. The lowest BCUT2D eigenvalue weighted by Crippen LogP contribution is -2.49. The quantitative estimate of drug-likeness (QED) is 0.800. The van der Waals surface area contributed by atoms with E-state index in [1.807, 2.05) is 41.3 Å². The fraction of sp³-hybridized carbons (Fsp3) is 0.381. The molecule has 2 aromatic carbocycles. The second-order valence-corrected chi connectivity index (χ2v) is 6.46. The third-order valence-electron chi connectivity index (χ3n) is 4.85. The van der Waals surface area contributed by atoms with Crippen molar-refractivity contribution in [1.82, 2.24) is 9.80 Å². The first-order valence-electron chi connectivity index (χ1n) is 8.98. The molecule has 0 aromatic heterocycles. The van der Waals surface area contributed by atoms with Crippen molar-refractivity contribution in [2.45, 2.75) is 6.42 Å². The van der Waals surface area contributed by atoms with Crippen molar-refractivity contribution in [2.24, 2.45) is 0 Å². The summed E-state index contributed by atoms with van der Waals surface area (Å²) in [5.41, 5.74) is 2.00. The molecule has 0 aliphatic carbocycles. The lowest BCUT2D eigenvalue weighted by Gasteiger charge is -2.34. The Labute approximate surface area is 155 Å². The van der Waals surface area contributed by atoms with E-state index in [-0.39, 0.29) is 5.91 Å². The summed E-state index contributed by atoms with van der Waals surface area (Å²) < 4.78 is 10.4. The average Bonchev–Trinajstić information content (AvgIpc) is 2.72. The molecule has 0 N–H and O–H groups in total. The fourth-order valence-corrected chi connectivity index (χ4v) is 3.21. The zero-order valence-corrected chi connectivity index (χ0v) is 15.5. The molecule has 26 heavy (non-hydrogen) atoms. The monoisotopic (exact) mass is 354 g/mol. The van der Waals surface area contributed by atoms with Crippen LogP contribution in [0.15, 0.2) is 48.5 Å². The van der Waals surface area contributed by atoms with Crippen LogP contribution in [-0.2, 0) is 6.42 Å². The summed E-state index contributed by atoms with van der Waals surface area (Å²) in [6.07, 6.45) is 0.990. The van der Waals surface area contributed by atoms with Crippen LogP contribution in [0.3, 0.4) is 0 Å². The molecular weight excluding hydrogens is 328 g/mol. The van der Waals surface area contributed by atoms with Crippen LogP contribution in [0, 0.1) is 0 Å². The molecule has 0 saturated carbocycles. The zero-order valence-electron chi connectivity index (χ0n) is 15.5. The second-order valence-electron chi connectivity index (χ2n) is 6.46. The molecular formula is C21H26N2O3. The molecule has 5 heteroatoms. The van der Waals surface area contributed by atoms with Gasteiger partial charge in [-0.1, -0.05) is 12.1 Å². The molecule has 1 amide bonds. The number of ether oxygens (including phenoxy) is 2. The highest BCUT2D eigenvalue weighted by atomic mass is 16.5. The molecule has 0 bridgehead atoms. The minimum Gasteiger partial charge on any atom is -0.497 e. The van der Waals surface area contributed by atoms with E-state index in [1.165, 1.54) is 5.56 Å². The summed E-state index contributed by atoms with van der Waals surface area (Å²) in [4.78, 5) is 17.0. The number of amides is 1. The molecule has 2 aromatic rings. The molecule has 1 aliphatic rings. The Hall–Kier alpha value is -2.53. The highest BCUT2D eigenvalue weighted by molar-refractivity contribution is 5.94. The van der Waals surface area contributed by atoms with E-state index in [9.17, 15) is 4.79 Å². The maximum atomic E-state index is 12.6. The van der Waals surface area contributed by atoms with Crippen molar-refractivity contribution in [3.8, 4) is 11.5 Å². The topological polar surface area (TPSA) is 42.0 Å². The summed E-state index contributed by atoms with van der Waals surface area (Å²) in [7, 11) is 3.32. The number of methoxy groups -OCH3 is 2. The first-order chi connectivity index (χ1) is 12.7. The Morgan fingerprint density at radius 1 is 0.923 bits per heavy atom. The normalized spacial score (nSPS) is 14.9. The van der Waals surface area contributed by atoms with Crippen LogP contribution in [-0.4, -0.2) is 62.7 Å². The number of nitrogens with zero attached hydrogens (tertiary/aromatic N) is 2. The Morgan fingerprint density at radius 3 is 2.27 bits per heavy atom. The number of carbonyl (C=O) groups excluding carboxylic acids is 1. The van der Waals surface area contributed by atoms with Gasteiger partial charge in [0.1, 0.15) is 11.5 Å². The minimum absolute atomic E-state index is 0.0973. The highest BCUT2D eigenvalue weighted by Crippen LogP contribution is 2.16. The van der Waals surface area contributed by atoms with E-state index >= 15 is 0 Å². The van der Waals surface area contributed by atoms with Gasteiger partial charge in [0.25, 0.3) is 5.91 Å². The number of hydrogen-bond acceptors (Lipinski definition) is 4. The highest BCUT2D eigenvalue weighted by Gasteiger charge is 2.21. The maximum Gasteiger partial charge on any atom is 0.253 e. The third-order valence-corrected chi connectivity index (χ3v) is 4.85. The average molecular weight is 354 g/mol. The van der Waals surface area contributed by atoms with E-state index in [1.54, 1.807) is 14.2 Å². The molecule has 138 valence electrons. The van der Waals surface area contributed by atoms with Gasteiger partial charge in [-0.05, 0) is 48.4 Å². The SMILES string of the molecule is COc1ccc(C(=O)N2CCN(CCc3cccc(OC)c3)CC2)cc1. The summed E-state index contributed by atoms with van der Waals surface area (Å²) in [5.74, 6) is 1.77. The van der Waals surface area contributed by atoms with Gasteiger partial charge in [0.15, 0.2) is 0 Å². The molecule has 0 radical (unpaired) electrons. The van der Waals surface area contributed by atoms with Gasteiger partial charge in [0, 0.05) is 38.3 Å². The first-order valence-corrected chi connectivity index (χ1v) is 8.98. The molecule has 0 atom stereocenters. The van der Waals surface area contributed by atoms with Crippen LogP contribution in [0.4, 0.5) is 0 Å². The maximum absolute atomic E-state index is 12.6. The van der Waals surface area contributed by atoms with Crippen LogP contribution in [0.5, 0.6) is 11.5 Å². The minimum atomic E-state index is 0.0973. The molecule has 1 aliphatic heterocycles. The van der Waals surface area contributed by atoms with Crippen molar-refractivity contribution in [2.75, 3.05) is 46.9 Å². The summed E-state index contributed by atoms with van der Waals surface area (Å²) >= 11 is 0. The van der Waals surface area contributed by atoms with Gasteiger partial charge < -0.3 is 14.4 Å². The number of carbonyl (C=O) groups is 1. The van der Waals surface area contributed by atoms with Crippen LogP contribution in [0.2, 0.25) is 0 Å². The second kappa shape index (κ2) is 8.72. The van der Waals surface area contributed by atoms with E-state index in [0.717, 1.165) is 56.2 Å². The number of rotatable bonds is 6. The fourth-order valence-electron chi connectivity index (χ4n) is 3.21. The van der Waals surface area contributed by atoms with Crippen LogP contribution < -0.4 is 9.47 Å². The van der Waals surface area contributed by atoms with Crippen molar-refractivity contribution >= 4 is 5.91 Å². The van der Waals surface area contributed by atoms with Gasteiger partial charge >= 0.3 is 0 Å². The van der Waals surface area contributed by atoms with Crippen molar-refractivity contribution in [1.29, 1.82) is 0 Å². The van der Waals surface area contributed by atoms with E-state index in [4.69, 9.17) is 9.47 Å². The van der Waals surface area contributed by atoms with Gasteiger partial charge in [0.2, 0.25) is 0 Å². The van der Waals surface area contributed by atoms with Crippen LogP contribution in [0.1, 0.15) is 15.9 Å². The number of benzene rings is 2. The van der Waals surface area contributed by atoms with Gasteiger partial charge in [0.05, 0.1) is 14.2 Å². The van der Waals surface area contributed by atoms with Gasteiger partial charge in [-0.3, -0.25) is 9.69 Å². The number of hydrogen-bond donors (Lipinski definition) is 0. The molecule has 5 nitrogen and oxygen atoms in total. The van der Waals surface area contributed by atoms with Gasteiger partial charge in [-0.2, -0.15) is 0 Å². The number of piperazine rings is 1. The Kier molecular flexibility index (Phi) is 6.12. The van der Waals surface area contributed by atoms with Crippen molar-refractivity contribution in [3.63, 3.8) is 0 Å². The van der Waals surface area contributed by atoms with Crippen LogP contribution >= 0.6 is 0 Å². The predicted molar refractivity (Wildman–Crippen MR) is 102 cm³/mol. The lowest BCUT2D eigenvalue weighted by molar-refractivity contribution is 0.0638.